The fourth-order valence-corrected chi connectivity index (χ4v) is 4.54. The number of halogens is 3. The van der Waals surface area contributed by atoms with Gasteiger partial charge in [-0.2, -0.15) is 0 Å². The largest absolute Gasteiger partial charge is 0.0925 e. The van der Waals surface area contributed by atoms with Crippen LogP contribution in [0.3, 0.4) is 0 Å². The van der Waals surface area contributed by atoms with Crippen molar-refractivity contribution in [1.29, 1.82) is 0 Å². The van der Waals surface area contributed by atoms with Crippen LogP contribution in [-0.2, 0) is 0 Å². The molecule has 0 aliphatic heterocycles. The number of benzene rings is 1. The van der Waals surface area contributed by atoms with Gasteiger partial charge in [-0.3, -0.25) is 0 Å². The fraction of sp³-hybridized carbons (Fsp3) is 0.500. The predicted molar refractivity (Wildman–Crippen MR) is 73.0 cm³/mol. The first kappa shape index (κ1) is 11.9. The molecule has 0 aromatic heterocycles. The zero-order chi connectivity index (χ0) is 11.2. The van der Waals surface area contributed by atoms with Gasteiger partial charge in [0.1, 0.15) is 0 Å². The van der Waals surface area contributed by atoms with Crippen LogP contribution in [0, 0.1) is 11.3 Å². The molecule has 0 radical (unpaired) electrons. The molecule has 1 aliphatic rings. The zero-order valence-electron chi connectivity index (χ0n) is 8.73. The highest BCUT2D eigenvalue weighted by atomic mass is 79.9. The summed E-state index contributed by atoms with van der Waals surface area (Å²) in [5, 5.41) is 1.86. The first-order valence-corrected chi connectivity index (χ1v) is 7.28. The molecule has 0 spiro atoms. The van der Waals surface area contributed by atoms with Gasteiger partial charge in [-0.25, -0.2) is 0 Å². The van der Waals surface area contributed by atoms with Gasteiger partial charge in [-0.05, 0) is 34.9 Å². The Morgan fingerprint density at radius 2 is 2.07 bits per heavy atom. The predicted octanol–water partition coefficient (Wildman–Crippen LogP) is 5.24. The Morgan fingerprint density at radius 3 is 2.53 bits per heavy atom. The van der Waals surface area contributed by atoms with Crippen LogP contribution in [-0.4, -0.2) is 5.33 Å². The molecule has 1 saturated carbocycles. The Balaban J connectivity index is 2.33. The van der Waals surface area contributed by atoms with Gasteiger partial charge in [0.05, 0.1) is 0 Å². The maximum atomic E-state index is 5.94. The number of alkyl halides is 1. The van der Waals surface area contributed by atoms with Gasteiger partial charge in [-0.1, -0.05) is 63.4 Å². The monoisotopic (exact) mass is 350 g/mol. The number of hydrogen-bond donors (Lipinski definition) is 0. The standard InChI is InChI=1S/C12H13Br2Cl/c1-12(2)9(6-13)11(12)8-4-3-7(15)5-10(8)14/h3-5,9,11H,6H2,1-2H3. The molecule has 3 heteroatoms. The summed E-state index contributed by atoms with van der Waals surface area (Å²) >= 11 is 13.1. The summed E-state index contributed by atoms with van der Waals surface area (Å²) in [7, 11) is 0. The third kappa shape index (κ3) is 2.01. The Labute approximate surface area is 113 Å². The minimum absolute atomic E-state index is 0.403. The quantitative estimate of drug-likeness (QED) is 0.639. The van der Waals surface area contributed by atoms with Crippen molar-refractivity contribution in [1.82, 2.24) is 0 Å². The van der Waals surface area contributed by atoms with Crippen LogP contribution >= 0.6 is 43.5 Å². The highest BCUT2D eigenvalue weighted by Crippen LogP contribution is 2.65. The van der Waals surface area contributed by atoms with E-state index in [-0.39, 0.29) is 0 Å². The zero-order valence-corrected chi connectivity index (χ0v) is 12.7. The molecule has 1 aromatic rings. The van der Waals surface area contributed by atoms with E-state index in [0.29, 0.717) is 11.3 Å². The molecule has 82 valence electrons. The molecular weight excluding hydrogens is 339 g/mol. The molecule has 2 rings (SSSR count). The van der Waals surface area contributed by atoms with E-state index in [1.54, 1.807) is 0 Å². The van der Waals surface area contributed by atoms with E-state index in [4.69, 9.17) is 11.6 Å². The molecular formula is C12H13Br2Cl. The van der Waals surface area contributed by atoms with Gasteiger partial charge >= 0.3 is 0 Å². The van der Waals surface area contributed by atoms with E-state index in [0.717, 1.165) is 20.7 Å². The summed E-state index contributed by atoms with van der Waals surface area (Å²) in [5.41, 5.74) is 1.79. The van der Waals surface area contributed by atoms with E-state index < -0.39 is 0 Å². The molecule has 0 N–H and O–H groups in total. The lowest BCUT2D eigenvalue weighted by atomic mass is 10.0. The van der Waals surface area contributed by atoms with Crippen LogP contribution in [0.2, 0.25) is 5.02 Å². The summed E-state index contributed by atoms with van der Waals surface area (Å²) in [6.45, 7) is 4.65. The number of rotatable bonds is 2. The van der Waals surface area contributed by atoms with Crippen molar-refractivity contribution in [2.24, 2.45) is 11.3 Å². The van der Waals surface area contributed by atoms with E-state index in [2.05, 4.69) is 51.8 Å². The maximum Gasteiger partial charge on any atom is 0.0417 e. The van der Waals surface area contributed by atoms with Crippen LogP contribution in [0.5, 0.6) is 0 Å². The summed E-state index contributed by atoms with van der Waals surface area (Å²) in [4.78, 5) is 0. The average molecular weight is 352 g/mol. The lowest BCUT2D eigenvalue weighted by Gasteiger charge is -2.06. The van der Waals surface area contributed by atoms with E-state index >= 15 is 0 Å². The molecule has 15 heavy (non-hydrogen) atoms. The van der Waals surface area contributed by atoms with Crippen molar-refractivity contribution in [3.05, 3.63) is 33.3 Å². The van der Waals surface area contributed by atoms with Crippen LogP contribution in [0.4, 0.5) is 0 Å². The topological polar surface area (TPSA) is 0 Å². The highest BCUT2D eigenvalue weighted by molar-refractivity contribution is 9.10. The third-order valence-electron chi connectivity index (χ3n) is 3.51. The molecule has 2 unspecified atom stereocenters. The van der Waals surface area contributed by atoms with E-state index in [1.165, 1.54) is 5.56 Å². The summed E-state index contributed by atoms with van der Waals surface area (Å²) < 4.78 is 1.14. The summed E-state index contributed by atoms with van der Waals surface area (Å²) in [6, 6.07) is 6.10. The molecule has 1 aliphatic carbocycles. The van der Waals surface area contributed by atoms with Crippen molar-refractivity contribution in [3.8, 4) is 0 Å². The van der Waals surface area contributed by atoms with E-state index in [1.807, 2.05) is 12.1 Å². The molecule has 1 fully saturated rings. The smallest absolute Gasteiger partial charge is 0.0417 e. The Hall–Kier alpha value is 0.470. The highest BCUT2D eigenvalue weighted by Gasteiger charge is 2.57. The van der Waals surface area contributed by atoms with Crippen molar-refractivity contribution in [3.63, 3.8) is 0 Å². The Morgan fingerprint density at radius 1 is 1.40 bits per heavy atom. The number of hydrogen-bond acceptors (Lipinski definition) is 0. The minimum atomic E-state index is 0.403. The molecule has 0 nitrogen and oxygen atoms in total. The van der Waals surface area contributed by atoms with E-state index in [9.17, 15) is 0 Å². The van der Waals surface area contributed by atoms with Gasteiger partial charge in [0.25, 0.3) is 0 Å². The minimum Gasteiger partial charge on any atom is -0.0925 e. The molecule has 0 saturated heterocycles. The van der Waals surface area contributed by atoms with Crippen molar-refractivity contribution in [2.75, 3.05) is 5.33 Å². The maximum absolute atomic E-state index is 5.94. The second-order valence-electron chi connectivity index (χ2n) is 4.73. The lowest BCUT2D eigenvalue weighted by molar-refractivity contribution is 0.579. The first-order chi connectivity index (χ1) is 6.98. The fourth-order valence-electron chi connectivity index (χ4n) is 2.40. The molecule has 2 atom stereocenters. The normalized spacial score (nSPS) is 27.8. The van der Waals surface area contributed by atoms with Gasteiger partial charge in [0, 0.05) is 14.8 Å². The second-order valence-corrected chi connectivity index (χ2v) is 6.66. The van der Waals surface area contributed by atoms with Crippen molar-refractivity contribution < 1.29 is 0 Å². The average Bonchev–Trinajstić information content (AvgIpc) is 2.68. The summed E-state index contributed by atoms with van der Waals surface area (Å²) in [5.74, 6) is 1.37. The van der Waals surface area contributed by atoms with Crippen molar-refractivity contribution in [2.45, 2.75) is 19.8 Å². The van der Waals surface area contributed by atoms with Crippen molar-refractivity contribution >= 4 is 43.5 Å². The Kier molecular flexibility index (Phi) is 3.22. The van der Waals surface area contributed by atoms with Crippen LogP contribution in [0.15, 0.2) is 22.7 Å². The van der Waals surface area contributed by atoms with Crippen LogP contribution < -0.4 is 0 Å². The molecule has 0 heterocycles. The van der Waals surface area contributed by atoms with Gasteiger partial charge in [-0.15, -0.1) is 0 Å². The van der Waals surface area contributed by atoms with Gasteiger partial charge in [0.15, 0.2) is 0 Å². The van der Waals surface area contributed by atoms with Crippen LogP contribution in [0.25, 0.3) is 0 Å². The molecule has 0 amide bonds. The Bertz CT molecular complexity index is 387. The second kappa shape index (κ2) is 4.05. The molecule has 1 aromatic carbocycles. The van der Waals surface area contributed by atoms with Crippen LogP contribution in [0.1, 0.15) is 25.3 Å². The van der Waals surface area contributed by atoms with Gasteiger partial charge in [0.2, 0.25) is 0 Å². The first-order valence-electron chi connectivity index (χ1n) is 4.99. The molecule has 0 bridgehead atoms. The SMILES string of the molecule is CC1(C)C(CBr)C1c1ccc(Cl)cc1Br. The van der Waals surface area contributed by atoms with Gasteiger partial charge < -0.3 is 0 Å². The lowest BCUT2D eigenvalue weighted by Crippen LogP contribution is -1.91. The third-order valence-corrected chi connectivity index (χ3v) is 5.13. The summed E-state index contributed by atoms with van der Waals surface area (Å²) in [6.07, 6.45) is 0.